The van der Waals surface area contributed by atoms with Crippen molar-refractivity contribution in [2.75, 3.05) is 5.32 Å². The fraction of sp³-hybridized carbons (Fsp3) is 0.200. The van der Waals surface area contributed by atoms with Crippen LogP contribution in [0.15, 0.2) is 52.9 Å². The fourth-order valence-corrected chi connectivity index (χ4v) is 3.38. The van der Waals surface area contributed by atoms with Crippen LogP contribution in [-0.4, -0.2) is 20.7 Å². The molecule has 2 aromatic carbocycles. The van der Waals surface area contributed by atoms with Gasteiger partial charge in [0.15, 0.2) is 0 Å². The van der Waals surface area contributed by atoms with Gasteiger partial charge in [0, 0.05) is 22.5 Å². The molecule has 0 radical (unpaired) electrons. The summed E-state index contributed by atoms with van der Waals surface area (Å²) in [6, 6.07) is 15.9. The number of carbonyl (C=O) groups is 1. The number of aryl methyl sites for hydroxylation is 2. The van der Waals surface area contributed by atoms with Crippen LogP contribution < -0.4 is 5.32 Å². The Bertz CT molecular complexity index is 1320. The Hall–Kier alpha value is -4.18. The third-order valence-corrected chi connectivity index (χ3v) is 5.60. The number of anilines is 1. The maximum atomic E-state index is 12.4. The topological polar surface area (TPSA) is 96.7 Å². The van der Waals surface area contributed by atoms with Crippen molar-refractivity contribution in [3.63, 3.8) is 0 Å². The number of hydrogen-bond donors (Lipinski definition) is 1. The summed E-state index contributed by atoms with van der Waals surface area (Å²) >= 11 is 0. The van der Waals surface area contributed by atoms with Crippen LogP contribution in [-0.2, 0) is 6.54 Å². The number of nitrogens with one attached hydrogen (secondary N) is 1. The standard InChI is InChI=1S/C25H23N5O2/c1-15-16(2)29-30(17(15)3)14-23-18(4)32-25(28-23)21-9-11-22(12-10-21)27-24(31)20-7-5-19(13-26)6-8-20/h5-12H,14H2,1-4H3,(H,27,31). The number of nitriles is 1. The third kappa shape index (κ3) is 4.16. The van der Waals surface area contributed by atoms with Crippen LogP contribution in [0.3, 0.4) is 0 Å². The summed E-state index contributed by atoms with van der Waals surface area (Å²) in [7, 11) is 0. The van der Waals surface area contributed by atoms with E-state index < -0.39 is 0 Å². The highest BCUT2D eigenvalue weighted by Gasteiger charge is 2.15. The molecule has 160 valence electrons. The second-order valence-electron chi connectivity index (χ2n) is 7.70. The van der Waals surface area contributed by atoms with Crippen LogP contribution >= 0.6 is 0 Å². The molecule has 2 aromatic heterocycles. The molecular weight excluding hydrogens is 402 g/mol. The Kier molecular flexibility index (Phi) is 5.61. The summed E-state index contributed by atoms with van der Waals surface area (Å²) in [5.41, 5.74) is 6.63. The zero-order valence-electron chi connectivity index (χ0n) is 18.4. The summed E-state index contributed by atoms with van der Waals surface area (Å²) in [6.45, 7) is 8.57. The zero-order valence-corrected chi connectivity index (χ0v) is 18.4. The highest BCUT2D eigenvalue weighted by molar-refractivity contribution is 6.04. The van der Waals surface area contributed by atoms with Gasteiger partial charge in [-0.2, -0.15) is 10.4 Å². The number of benzene rings is 2. The fourth-order valence-electron chi connectivity index (χ4n) is 3.38. The number of oxazole rings is 1. The number of carbonyl (C=O) groups excluding carboxylic acids is 1. The van der Waals surface area contributed by atoms with Crippen molar-refractivity contribution in [1.29, 1.82) is 5.26 Å². The van der Waals surface area contributed by atoms with Gasteiger partial charge in [-0.15, -0.1) is 0 Å². The van der Waals surface area contributed by atoms with Crippen LogP contribution in [0.4, 0.5) is 5.69 Å². The minimum atomic E-state index is -0.239. The van der Waals surface area contributed by atoms with E-state index in [9.17, 15) is 4.79 Å². The predicted octanol–water partition coefficient (Wildman–Crippen LogP) is 4.94. The van der Waals surface area contributed by atoms with Gasteiger partial charge >= 0.3 is 0 Å². The minimum Gasteiger partial charge on any atom is -0.441 e. The summed E-state index contributed by atoms with van der Waals surface area (Å²) in [5.74, 6) is 1.04. The van der Waals surface area contributed by atoms with Gasteiger partial charge in [0.05, 0.1) is 23.9 Å². The van der Waals surface area contributed by atoms with Gasteiger partial charge in [-0.3, -0.25) is 9.48 Å². The molecule has 0 aliphatic rings. The predicted molar refractivity (Wildman–Crippen MR) is 121 cm³/mol. The molecule has 0 saturated heterocycles. The van der Waals surface area contributed by atoms with Gasteiger partial charge < -0.3 is 9.73 Å². The molecule has 0 fully saturated rings. The smallest absolute Gasteiger partial charge is 0.255 e. The molecule has 4 aromatic rings. The lowest BCUT2D eigenvalue weighted by atomic mass is 10.1. The molecule has 2 heterocycles. The molecule has 0 unspecified atom stereocenters. The van der Waals surface area contributed by atoms with Crippen LogP contribution in [0.2, 0.25) is 0 Å². The largest absolute Gasteiger partial charge is 0.441 e. The van der Waals surface area contributed by atoms with E-state index in [0.717, 1.165) is 28.4 Å². The Morgan fingerprint density at radius 2 is 1.75 bits per heavy atom. The van der Waals surface area contributed by atoms with Crippen molar-refractivity contribution in [2.45, 2.75) is 34.2 Å². The highest BCUT2D eigenvalue weighted by atomic mass is 16.4. The molecule has 7 nitrogen and oxygen atoms in total. The van der Waals surface area contributed by atoms with Crippen molar-refractivity contribution < 1.29 is 9.21 Å². The molecule has 4 rings (SSSR count). The summed E-state index contributed by atoms with van der Waals surface area (Å²) < 4.78 is 7.84. The lowest BCUT2D eigenvalue weighted by Gasteiger charge is -2.06. The Morgan fingerprint density at radius 1 is 1.06 bits per heavy atom. The SMILES string of the molecule is Cc1nn(Cc2nc(-c3ccc(NC(=O)c4ccc(C#N)cc4)cc3)oc2C)c(C)c1C. The van der Waals surface area contributed by atoms with E-state index in [2.05, 4.69) is 29.2 Å². The van der Waals surface area contributed by atoms with E-state index in [1.807, 2.05) is 36.7 Å². The molecule has 1 N–H and O–H groups in total. The average Bonchev–Trinajstić information content (AvgIpc) is 3.28. The summed E-state index contributed by atoms with van der Waals surface area (Å²) in [4.78, 5) is 17.1. The first-order valence-corrected chi connectivity index (χ1v) is 10.2. The Balaban J connectivity index is 1.48. The number of rotatable bonds is 5. The molecule has 0 atom stereocenters. The molecule has 7 heteroatoms. The quantitative estimate of drug-likeness (QED) is 0.488. The summed E-state index contributed by atoms with van der Waals surface area (Å²) in [5, 5.41) is 16.3. The van der Waals surface area contributed by atoms with Crippen molar-refractivity contribution in [3.8, 4) is 17.5 Å². The number of amides is 1. The number of nitrogens with zero attached hydrogens (tertiary/aromatic N) is 4. The van der Waals surface area contributed by atoms with Crippen molar-refractivity contribution >= 4 is 11.6 Å². The second kappa shape index (κ2) is 8.52. The van der Waals surface area contributed by atoms with Gasteiger partial charge in [-0.25, -0.2) is 4.98 Å². The molecular formula is C25H23N5O2. The van der Waals surface area contributed by atoms with Gasteiger partial charge in [0.25, 0.3) is 5.91 Å². The van der Waals surface area contributed by atoms with Gasteiger partial charge in [0.1, 0.15) is 11.5 Å². The van der Waals surface area contributed by atoms with Gasteiger partial charge in [-0.05, 0) is 81.8 Å². The average molecular weight is 425 g/mol. The molecule has 0 aliphatic heterocycles. The number of hydrogen-bond acceptors (Lipinski definition) is 5. The molecule has 0 bridgehead atoms. The lowest BCUT2D eigenvalue weighted by molar-refractivity contribution is 0.102. The van der Waals surface area contributed by atoms with E-state index in [1.165, 1.54) is 5.56 Å². The first-order valence-electron chi connectivity index (χ1n) is 10.2. The Labute approximate surface area is 186 Å². The van der Waals surface area contributed by atoms with E-state index in [4.69, 9.17) is 9.68 Å². The maximum Gasteiger partial charge on any atom is 0.255 e. The molecule has 1 amide bonds. The van der Waals surface area contributed by atoms with Gasteiger partial charge in [-0.1, -0.05) is 0 Å². The third-order valence-electron chi connectivity index (χ3n) is 5.60. The number of aromatic nitrogens is 3. The van der Waals surface area contributed by atoms with Crippen molar-refractivity contribution in [1.82, 2.24) is 14.8 Å². The van der Waals surface area contributed by atoms with Crippen molar-refractivity contribution in [3.05, 3.63) is 88.1 Å². The zero-order chi connectivity index (χ0) is 22.8. The highest BCUT2D eigenvalue weighted by Crippen LogP contribution is 2.25. The van der Waals surface area contributed by atoms with E-state index in [-0.39, 0.29) is 5.91 Å². The summed E-state index contributed by atoms with van der Waals surface area (Å²) in [6.07, 6.45) is 0. The van der Waals surface area contributed by atoms with Crippen molar-refractivity contribution in [2.24, 2.45) is 0 Å². The van der Waals surface area contributed by atoms with E-state index >= 15 is 0 Å². The lowest BCUT2D eigenvalue weighted by Crippen LogP contribution is -2.11. The monoisotopic (exact) mass is 425 g/mol. The van der Waals surface area contributed by atoms with Gasteiger partial charge in [0.2, 0.25) is 5.89 Å². The molecule has 0 aliphatic carbocycles. The van der Waals surface area contributed by atoms with E-state index in [1.54, 1.807) is 36.4 Å². The molecule has 32 heavy (non-hydrogen) atoms. The van der Waals surface area contributed by atoms with Crippen LogP contribution in [0, 0.1) is 39.0 Å². The normalized spacial score (nSPS) is 10.7. The molecule has 0 spiro atoms. The van der Waals surface area contributed by atoms with Crippen LogP contribution in [0.1, 0.15) is 44.3 Å². The second-order valence-corrected chi connectivity index (χ2v) is 7.70. The van der Waals surface area contributed by atoms with Crippen LogP contribution in [0.5, 0.6) is 0 Å². The first-order chi connectivity index (χ1) is 15.4. The maximum absolute atomic E-state index is 12.4. The van der Waals surface area contributed by atoms with E-state index in [0.29, 0.717) is 29.2 Å². The van der Waals surface area contributed by atoms with Crippen LogP contribution in [0.25, 0.3) is 11.5 Å². The molecule has 0 saturated carbocycles. The Morgan fingerprint density at radius 3 is 2.34 bits per heavy atom. The minimum absolute atomic E-state index is 0.239. The first kappa shape index (κ1) is 21.1.